The number of hydrogen-bond acceptors (Lipinski definition) is 5. The second kappa shape index (κ2) is 10.1. The molecule has 0 saturated heterocycles. The van der Waals surface area contributed by atoms with Gasteiger partial charge in [0.2, 0.25) is 10.0 Å². The van der Waals surface area contributed by atoms with Crippen molar-refractivity contribution >= 4 is 31.6 Å². The average Bonchev–Trinajstić information content (AvgIpc) is 2.73. The zero-order valence-corrected chi connectivity index (χ0v) is 19.2. The lowest BCUT2D eigenvalue weighted by Crippen LogP contribution is -2.12. The first-order valence-electron chi connectivity index (χ1n) is 9.45. The number of hydrogen-bond donors (Lipinski definition) is 2. The first-order chi connectivity index (χ1) is 14.8. The Morgan fingerprint density at radius 1 is 1.00 bits per heavy atom. The predicted molar refractivity (Wildman–Crippen MR) is 121 cm³/mol. The first-order valence-corrected chi connectivity index (χ1v) is 11.8. The summed E-state index contributed by atoms with van der Waals surface area (Å²) < 4.78 is 48.2. The van der Waals surface area contributed by atoms with Crippen molar-refractivity contribution in [2.75, 3.05) is 11.9 Å². The third-order valence-electron chi connectivity index (χ3n) is 4.39. The summed E-state index contributed by atoms with van der Waals surface area (Å²) in [5, 5.41) is 8.36. The average molecular weight is 509 g/mol. The van der Waals surface area contributed by atoms with Crippen molar-refractivity contribution in [3.8, 4) is 11.5 Å². The molecule has 0 bridgehead atoms. The van der Waals surface area contributed by atoms with E-state index < -0.39 is 10.0 Å². The van der Waals surface area contributed by atoms with E-state index in [4.69, 9.17) is 14.6 Å². The summed E-state index contributed by atoms with van der Waals surface area (Å²) in [5.41, 5.74) is 2.51. The molecule has 3 rings (SSSR count). The van der Waals surface area contributed by atoms with Gasteiger partial charge in [0.25, 0.3) is 0 Å². The predicted octanol–water partition coefficient (Wildman–Crippen LogP) is 4.83. The van der Waals surface area contributed by atoms with Crippen LogP contribution >= 0.6 is 15.9 Å². The molecule has 0 heterocycles. The molecule has 0 aliphatic heterocycles. The van der Waals surface area contributed by atoms with Gasteiger partial charge < -0.3 is 14.8 Å². The third kappa shape index (κ3) is 6.43. The van der Waals surface area contributed by atoms with Crippen molar-refractivity contribution in [1.29, 1.82) is 0 Å². The second-order valence-electron chi connectivity index (χ2n) is 6.66. The Labute approximate surface area is 189 Å². The highest BCUT2D eigenvalue weighted by Gasteiger charge is 2.12. The zero-order chi connectivity index (χ0) is 22.4. The zero-order valence-electron chi connectivity index (χ0n) is 16.8. The lowest BCUT2D eigenvalue weighted by molar-refractivity contribution is 0.269. The molecule has 0 saturated carbocycles. The standard InChI is InChI=1S/C22H22BrFN2O4S/c1-2-29-21-11-16(13-26-18-7-9-19(10-8-18)31(25,27)28)20(23)12-22(21)30-14-15-3-5-17(24)6-4-15/h3-12,26H,2,13-14H2,1H3,(H2,25,27,28). The quantitative estimate of drug-likeness (QED) is 0.432. The van der Waals surface area contributed by atoms with Crippen molar-refractivity contribution in [3.05, 3.63) is 82.1 Å². The monoisotopic (exact) mass is 508 g/mol. The fourth-order valence-corrected chi connectivity index (χ4v) is 3.77. The number of ether oxygens (including phenoxy) is 2. The summed E-state index contributed by atoms with van der Waals surface area (Å²) in [7, 11) is -3.72. The van der Waals surface area contributed by atoms with Gasteiger partial charge in [0, 0.05) is 16.7 Å². The maximum Gasteiger partial charge on any atom is 0.238 e. The highest BCUT2D eigenvalue weighted by molar-refractivity contribution is 9.10. The van der Waals surface area contributed by atoms with Crippen molar-refractivity contribution in [2.45, 2.75) is 25.0 Å². The van der Waals surface area contributed by atoms with E-state index in [0.29, 0.717) is 24.7 Å². The van der Waals surface area contributed by atoms with Gasteiger partial charge in [-0.1, -0.05) is 28.1 Å². The van der Waals surface area contributed by atoms with Crippen molar-refractivity contribution in [3.63, 3.8) is 0 Å². The van der Waals surface area contributed by atoms with E-state index >= 15 is 0 Å². The van der Waals surface area contributed by atoms with Crippen LogP contribution in [0.3, 0.4) is 0 Å². The minimum absolute atomic E-state index is 0.0560. The molecule has 0 unspecified atom stereocenters. The lowest BCUT2D eigenvalue weighted by Gasteiger charge is -2.16. The number of rotatable bonds is 9. The van der Waals surface area contributed by atoms with Crippen LogP contribution in [-0.2, 0) is 23.2 Å². The molecule has 0 amide bonds. The number of halogens is 2. The van der Waals surface area contributed by atoms with Crippen molar-refractivity contribution in [1.82, 2.24) is 0 Å². The molecule has 0 radical (unpaired) electrons. The minimum atomic E-state index is -3.72. The van der Waals surface area contributed by atoms with E-state index in [9.17, 15) is 12.8 Å². The van der Waals surface area contributed by atoms with Crippen molar-refractivity contribution < 1.29 is 22.3 Å². The van der Waals surface area contributed by atoms with E-state index in [0.717, 1.165) is 21.3 Å². The normalized spacial score (nSPS) is 11.2. The Bertz CT molecular complexity index is 1140. The molecule has 6 nitrogen and oxygen atoms in total. The summed E-state index contributed by atoms with van der Waals surface area (Å²) in [5.74, 6) is 0.867. The number of nitrogens with two attached hydrogens (primary N) is 1. The fraction of sp³-hybridized carbons (Fsp3) is 0.182. The van der Waals surface area contributed by atoms with Crippen molar-refractivity contribution in [2.24, 2.45) is 5.14 Å². The highest BCUT2D eigenvalue weighted by Crippen LogP contribution is 2.35. The minimum Gasteiger partial charge on any atom is -0.490 e. The summed E-state index contributed by atoms with van der Waals surface area (Å²) in [6.07, 6.45) is 0. The number of primary sulfonamides is 1. The van der Waals surface area contributed by atoms with Crippen LogP contribution in [0, 0.1) is 5.82 Å². The Balaban J connectivity index is 1.72. The molecule has 0 aromatic heterocycles. The van der Waals surface area contributed by atoms with E-state index in [-0.39, 0.29) is 17.3 Å². The summed E-state index contributed by atoms with van der Waals surface area (Å²) in [6.45, 7) is 3.10. The van der Waals surface area contributed by atoms with Crippen LogP contribution in [0.4, 0.5) is 10.1 Å². The molecule has 0 aliphatic rings. The Morgan fingerprint density at radius 2 is 1.65 bits per heavy atom. The molecule has 0 spiro atoms. The van der Waals surface area contributed by atoms with Gasteiger partial charge in [0.15, 0.2) is 11.5 Å². The van der Waals surface area contributed by atoms with Gasteiger partial charge in [0.05, 0.1) is 11.5 Å². The molecule has 31 heavy (non-hydrogen) atoms. The third-order valence-corrected chi connectivity index (χ3v) is 6.05. The molecule has 3 aromatic carbocycles. The molecular formula is C22H22BrFN2O4S. The highest BCUT2D eigenvalue weighted by atomic mass is 79.9. The number of anilines is 1. The lowest BCUT2D eigenvalue weighted by atomic mass is 10.2. The number of sulfonamides is 1. The number of benzene rings is 3. The van der Waals surface area contributed by atoms with E-state index in [1.807, 2.05) is 19.1 Å². The number of nitrogens with one attached hydrogen (secondary N) is 1. The smallest absolute Gasteiger partial charge is 0.238 e. The van der Waals surface area contributed by atoms with Crippen LogP contribution in [0.5, 0.6) is 11.5 Å². The summed E-state index contributed by atoms with van der Waals surface area (Å²) >= 11 is 3.56. The molecular weight excluding hydrogens is 487 g/mol. The van der Waals surface area contributed by atoms with Crippen LogP contribution in [0.15, 0.2) is 70.0 Å². The van der Waals surface area contributed by atoms with Gasteiger partial charge in [0.1, 0.15) is 12.4 Å². The Kier molecular flexibility index (Phi) is 7.53. The van der Waals surface area contributed by atoms with Gasteiger partial charge in [-0.2, -0.15) is 0 Å². The summed E-state index contributed by atoms with van der Waals surface area (Å²) in [4.78, 5) is 0.0560. The van der Waals surface area contributed by atoms with Crippen LogP contribution in [0.1, 0.15) is 18.1 Å². The van der Waals surface area contributed by atoms with Crippen LogP contribution < -0.4 is 19.9 Å². The van der Waals surface area contributed by atoms with E-state index in [2.05, 4.69) is 21.2 Å². The first kappa shape index (κ1) is 23.1. The second-order valence-corrected chi connectivity index (χ2v) is 9.08. The Hall–Kier alpha value is -2.62. The van der Waals surface area contributed by atoms with E-state index in [1.54, 1.807) is 24.3 Å². The molecule has 3 aromatic rings. The largest absolute Gasteiger partial charge is 0.490 e. The van der Waals surface area contributed by atoms with Gasteiger partial charge in [-0.05, 0) is 66.6 Å². The van der Waals surface area contributed by atoms with Gasteiger partial charge in [-0.15, -0.1) is 0 Å². The van der Waals surface area contributed by atoms with Gasteiger partial charge in [-0.3, -0.25) is 0 Å². The Morgan fingerprint density at radius 3 is 2.26 bits per heavy atom. The van der Waals surface area contributed by atoms with Gasteiger partial charge in [-0.25, -0.2) is 17.9 Å². The van der Waals surface area contributed by atoms with Crippen LogP contribution in [0.2, 0.25) is 0 Å². The molecule has 0 fully saturated rings. The molecule has 0 atom stereocenters. The molecule has 9 heteroatoms. The van der Waals surface area contributed by atoms with E-state index in [1.165, 1.54) is 24.3 Å². The SMILES string of the molecule is CCOc1cc(CNc2ccc(S(N)(=O)=O)cc2)c(Br)cc1OCc1ccc(F)cc1. The maximum absolute atomic E-state index is 13.1. The fourth-order valence-electron chi connectivity index (χ4n) is 2.80. The molecule has 3 N–H and O–H groups in total. The molecule has 0 aliphatic carbocycles. The summed E-state index contributed by atoms with van der Waals surface area (Å²) in [6, 6.07) is 16.0. The molecule has 164 valence electrons. The van der Waals surface area contributed by atoms with Crippen LogP contribution in [0.25, 0.3) is 0 Å². The van der Waals surface area contributed by atoms with Gasteiger partial charge >= 0.3 is 0 Å². The maximum atomic E-state index is 13.1. The topological polar surface area (TPSA) is 90.6 Å². The van der Waals surface area contributed by atoms with Crippen LogP contribution in [-0.4, -0.2) is 15.0 Å².